The van der Waals surface area contributed by atoms with Crippen LogP contribution in [-0.4, -0.2) is 0 Å². The molecule has 19 heavy (non-hydrogen) atoms. The Kier molecular flexibility index (Phi) is 4.59. The van der Waals surface area contributed by atoms with Crippen molar-refractivity contribution in [2.75, 3.05) is 0 Å². The monoisotopic (exact) mass is 460 g/mol. The van der Waals surface area contributed by atoms with E-state index >= 15 is 0 Å². The molecular formula is C16H18Cl2Hf. The molecule has 0 bridgehead atoms. The zero-order valence-electron chi connectivity index (χ0n) is 10.7. The maximum Gasteiger partial charge on any atom is -0.147 e. The summed E-state index contributed by atoms with van der Waals surface area (Å²) < 4.78 is 5.90. The van der Waals surface area contributed by atoms with Gasteiger partial charge in [0, 0.05) is 0 Å². The molecule has 1 aromatic rings. The predicted molar refractivity (Wildman–Crippen MR) is 84.2 cm³/mol. The first-order valence-electron chi connectivity index (χ1n) is 6.53. The Hall–Kier alpha value is -0.110. The number of benzene rings is 1. The van der Waals surface area contributed by atoms with Crippen molar-refractivity contribution in [3.63, 3.8) is 0 Å². The normalized spacial score (nSPS) is 24.2. The van der Waals surface area contributed by atoms with E-state index < -0.39 is 20.0 Å². The molecule has 0 spiro atoms. The van der Waals surface area contributed by atoms with Gasteiger partial charge in [0.25, 0.3) is 0 Å². The summed E-state index contributed by atoms with van der Waals surface area (Å²) in [7, 11) is 0. The number of rotatable bonds is 2. The molecule has 3 heteroatoms. The second-order valence-electron chi connectivity index (χ2n) is 5.45. The summed E-state index contributed by atoms with van der Waals surface area (Å²) in [5, 5.41) is 0. The van der Waals surface area contributed by atoms with Gasteiger partial charge in [0.15, 0.2) is 0 Å². The van der Waals surface area contributed by atoms with Crippen LogP contribution in [0.15, 0.2) is 51.9 Å². The van der Waals surface area contributed by atoms with Gasteiger partial charge in [-0.05, 0) is 0 Å². The molecule has 0 N–H and O–H groups in total. The van der Waals surface area contributed by atoms with Crippen molar-refractivity contribution >= 4 is 30.9 Å². The van der Waals surface area contributed by atoms with Gasteiger partial charge in [0.1, 0.15) is 0 Å². The number of halogens is 2. The minimum Gasteiger partial charge on any atom is -0.147 e. The van der Waals surface area contributed by atoms with Gasteiger partial charge in [-0.25, -0.2) is 0 Å². The zero-order chi connectivity index (χ0) is 11.3. The Balaban J connectivity index is 0.000000667. The number of hydrogen-bond donors (Lipinski definition) is 0. The fourth-order valence-corrected chi connectivity index (χ4v) is 26.6. The summed E-state index contributed by atoms with van der Waals surface area (Å²) in [5.74, 6) is 0. The fraction of sp³-hybridized carbons (Fsp3) is 0.250. The first kappa shape index (κ1) is 15.3. The van der Waals surface area contributed by atoms with E-state index in [9.17, 15) is 0 Å². The van der Waals surface area contributed by atoms with E-state index in [0.717, 1.165) is 3.67 Å². The summed E-state index contributed by atoms with van der Waals surface area (Å²) in [6.45, 7) is 0. The van der Waals surface area contributed by atoms with Gasteiger partial charge in [0.2, 0.25) is 0 Å². The molecule has 4 rings (SSSR count). The first-order valence-corrected chi connectivity index (χ1v) is 15.5. The maximum absolute atomic E-state index is 2.53. The molecule has 1 saturated heterocycles. The second-order valence-corrected chi connectivity index (χ2v) is 21.9. The van der Waals surface area contributed by atoms with Gasteiger partial charge in [0.05, 0.1) is 0 Å². The first-order chi connectivity index (χ1) is 8.40. The Morgan fingerprint density at radius 3 is 2.53 bits per heavy atom. The van der Waals surface area contributed by atoms with Crippen molar-refractivity contribution in [1.29, 1.82) is 0 Å². The summed E-state index contributed by atoms with van der Waals surface area (Å²) >= 11 is -2.08. The van der Waals surface area contributed by atoms with Crippen LogP contribution in [0.1, 0.15) is 21.2 Å². The van der Waals surface area contributed by atoms with E-state index in [2.05, 4.69) is 54.6 Å². The van der Waals surface area contributed by atoms with Gasteiger partial charge in [-0.2, -0.15) is 0 Å². The third-order valence-electron chi connectivity index (χ3n) is 4.59. The Morgan fingerprint density at radius 2 is 1.84 bits per heavy atom. The zero-order valence-corrected chi connectivity index (χ0v) is 15.9. The smallest absolute Gasteiger partial charge is 0.147 e. The van der Waals surface area contributed by atoms with Crippen LogP contribution in [0.5, 0.6) is 0 Å². The van der Waals surface area contributed by atoms with Crippen LogP contribution in [0, 0.1) is 0 Å². The molecule has 100 valence electrons. The van der Waals surface area contributed by atoms with E-state index in [0.29, 0.717) is 0 Å². The van der Waals surface area contributed by atoms with Gasteiger partial charge < -0.3 is 0 Å². The topological polar surface area (TPSA) is 0 Å². The van der Waals surface area contributed by atoms with Crippen LogP contribution >= 0.6 is 24.8 Å². The maximum atomic E-state index is 2.53. The molecule has 1 unspecified atom stereocenters. The van der Waals surface area contributed by atoms with Crippen molar-refractivity contribution < 1.29 is 20.0 Å². The largest absolute Gasteiger partial charge is 0.147 e. The van der Waals surface area contributed by atoms with Crippen molar-refractivity contribution in [2.24, 2.45) is 0 Å². The predicted octanol–water partition coefficient (Wildman–Crippen LogP) is 5.45. The average Bonchev–Trinajstić information content (AvgIpc) is 2.85. The molecule has 1 atom stereocenters. The molecule has 0 aromatic heterocycles. The SMILES string of the molecule is C1=CC[C]([Hf]2([CH]3C=Cc4ccccc43)[CH2][CH2]2)=C1.Cl.Cl. The molecular weight excluding hydrogens is 442 g/mol. The number of allylic oxidation sites excluding steroid dienone is 5. The Morgan fingerprint density at radius 1 is 1.05 bits per heavy atom. The van der Waals surface area contributed by atoms with Crippen molar-refractivity contribution in [2.45, 2.75) is 18.5 Å². The van der Waals surface area contributed by atoms with Crippen LogP contribution in [-0.2, 0) is 20.0 Å². The summed E-state index contributed by atoms with van der Waals surface area (Å²) in [4.78, 5) is 0. The fourth-order valence-electron chi connectivity index (χ4n) is 3.51. The molecule has 1 aromatic carbocycles. The van der Waals surface area contributed by atoms with Crippen LogP contribution in [0.25, 0.3) is 6.08 Å². The third-order valence-corrected chi connectivity index (χ3v) is 22.3. The molecule has 1 fully saturated rings. The van der Waals surface area contributed by atoms with Crippen LogP contribution in [0.4, 0.5) is 0 Å². The van der Waals surface area contributed by atoms with E-state index in [1.807, 2.05) is 3.33 Å². The molecule has 2 aliphatic carbocycles. The summed E-state index contributed by atoms with van der Waals surface area (Å²) in [6.07, 6.45) is 13.2. The standard InChI is InChI=1S/C9H7.C5H5.C2H4.2ClH.Hf/c1-2-5-9-7-3-6-8(9)4-1;1-2-4-5-3-1;1-2;;;/h1-7H;1-3H,4H2;1-2H2;2*1H;. The van der Waals surface area contributed by atoms with E-state index in [1.54, 1.807) is 13.9 Å². The Labute approximate surface area is 131 Å². The second kappa shape index (κ2) is 5.71. The van der Waals surface area contributed by atoms with Crippen molar-refractivity contribution in [3.05, 3.63) is 63.0 Å². The number of fused-ring (bicyclic) bond motifs is 1. The van der Waals surface area contributed by atoms with E-state index in [-0.39, 0.29) is 24.8 Å². The van der Waals surface area contributed by atoms with Gasteiger partial charge in [-0.3, -0.25) is 0 Å². The number of hydrogen-bond acceptors (Lipinski definition) is 0. The van der Waals surface area contributed by atoms with Gasteiger partial charge in [-0.15, -0.1) is 24.8 Å². The van der Waals surface area contributed by atoms with Gasteiger partial charge >= 0.3 is 108 Å². The molecule has 1 aliphatic heterocycles. The average molecular weight is 460 g/mol. The van der Waals surface area contributed by atoms with Crippen LogP contribution in [0.2, 0.25) is 8.35 Å². The Bertz CT molecular complexity index is 568. The summed E-state index contributed by atoms with van der Waals surface area (Å²) in [6, 6.07) is 9.02. The van der Waals surface area contributed by atoms with E-state index in [1.165, 1.54) is 12.0 Å². The van der Waals surface area contributed by atoms with Crippen LogP contribution < -0.4 is 0 Å². The summed E-state index contributed by atoms with van der Waals surface area (Å²) in [5.41, 5.74) is 3.12. The van der Waals surface area contributed by atoms with Crippen LogP contribution in [0.3, 0.4) is 0 Å². The van der Waals surface area contributed by atoms with Gasteiger partial charge in [-0.1, -0.05) is 0 Å². The van der Waals surface area contributed by atoms with E-state index in [4.69, 9.17) is 0 Å². The molecule has 0 amide bonds. The minimum atomic E-state index is -2.08. The molecule has 0 radical (unpaired) electrons. The van der Waals surface area contributed by atoms with Crippen molar-refractivity contribution in [3.8, 4) is 0 Å². The molecule has 3 aliphatic rings. The minimum absolute atomic E-state index is 0. The third kappa shape index (κ3) is 2.34. The molecule has 0 nitrogen and oxygen atoms in total. The quantitative estimate of drug-likeness (QED) is 0.516. The molecule has 1 heterocycles. The molecule has 0 saturated carbocycles. The van der Waals surface area contributed by atoms with Crippen molar-refractivity contribution in [1.82, 2.24) is 0 Å².